The third kappa shape index (κ3) is 3.48. The molecule has 1 N–H and O–H groups in total. The molecule has 1 amide bonds. The molecule has 1 aromatic rings. The molecule has 0 heterocycles. The van der Waals surface area contributed by atoms with Gasteiger partial charge in [0.2, 0.25) is 5.75 Å². The first-order valence-electron chi connectivity index (χ1n) is 6.10. The van der Waals surface area contributed by atoms with Crippen LogP contribution in [0.15, 0.2) is 18.2 Å². The zero-order valence-corrected chi connectivity index (χ0v) is 11.4. The second-order valence-electron chi connectivity index (χ2n) is 4.10. The van der Waals surface area contributed by atoms with Crippen molar-refractivity contribution in [2.45, 2.75) is 25.8 Å². The van der Waals surface area contributed by atoms with Gasteiger partial charge < -0.3 is 10.1 Å². The van der Waals surface area contributed by atoms with E-state index in [2.05, 4.69) is 11.2 Å². The molecule has 0 bridgehead atoms. The summed E-state index contributed by atoms with van der Waals surface area (Å²) in [7, 11) is 1.29. The number of hydrogen-bond acceptors (Lipinski definition) is 4. The van der Waals surface area contributed by atoms with Crippen molar-refractivity contribution in [1.29, 1.82) is 0 Å². The van der Waals surface area contributed by atoms with Gasteiger partial charge in [-0.3, -0.25) is 14.9 Å². The van der Waals surface area contributed by atoms with Crippen LogP contribution in [0.5, 0.6) is 5.75 Å². The number of ether oxygens (including phenoxy) is 1. The lowest BCUT2D eigenvalue weighted by atomic mass is 10.1. The van der Waals surface area contributed by atoms with Crippen LogP contribution >= 0.6 is 0 Å². The standard InChI is InChI=1S/C14H16N2O4/c1-4-7-10(5-2)15-14(17)11-8-6-9-12(16(18)19)13(11)20-3/h1,6,8-10H,5,7H2,2-3H3,(H,15,17). The summed E-state index contributed by atoms with van der Waals surface area (Å²) in [6.45, 7) is 1.90. The van der Waals surface area contributed by atoms with E-state index in [1.807, 2.05) is 6.92 Å². The second-order valence-corrected chi connectivity index (χ2v) is 4.10. The van der Waals surface area contributed by atoms with Crippen molar-refractivity contribution in [3.63, 3.8) is 0 Å². The van der Waals surface area contributed by atoms with E-state index in [9.17, 15) is 14.9 Å². The molecule has 20 heavy (non-hydrogen) atoms. The van der Waals surface area contributed by atoms with Crippen LogP contribution in [0, 0.1) is 22.5 Å². The molecule has 106 valence electrons. The van der Waals surface area contributed by atoms with E-state index in [4.69, 9.17) is 11.2 Å². The molecular weight excluding hydrogens is 260 g/mol. The summed E-state index contributed by atoms with van der Waals surface area (Å²) in [5, 5.41) is 13.6. The molecule has 0 radical (unpaired) electrons. The van der Waals surface area contributed by atoms with Gasteiger partial charge in [0, 0.05) is 18.5 Å². The summed E-state index contributed by atoms with van der Waals surface area (Å²) in [6.07, 6.45) is 6.30. The number of carbonyl (C=O) groups is 1. The molecule has 0 aliphatic rings. The fourth-order valence-corrected chi connectivity index (χ4v) is 1.76. The molecule has 1 aromatic carbocycles. The number of nitrogens with one attached hydrogen (secondary N) is 1. The lowest BCUT2D eigenvalue weighted by Crippen LogP contribution is -2.34. The Bertz CT molecular complexity index is 549. The Hall–Kier alpha value is -2.55. The minimum absolute atomic E-state index is 0.0504. The summed E-state index contributed by atoms with van der Waals surface area (Å²) in [5.41, 5.74) is -0.123. The number of hydrogen-bond donors (Lipinski definition) is 1. The number of para-hydroxylation sites is 1. The number of nitro benzene ring substituents is 1. The number of nitrogens with zero attached hydrogens (tertiary/aromatic N) is 1. The van der Waals surface area contributed by atoms with Crippen LogP contribution in [0.4, 0.5) is 5.69 Å². The molecule has 0 aromatic heterocycles. The average Bonchev–Trinajstić information content (AvgIpc) is 2.45. The Morgan fingerprint density at radius 1 is 1.60 bits per heavy atom. The molecule has 0 saturated heterocycles. The van der Waals surface area contributed by atoms with E-state index in [-0.39, 0.29) is 23.0 Å². The highest BCUT2D eigenvalue weighted by molar-refractivity contribution is 5.98. The molecule has 1 unspecified atom stereocenters. The summed E-state index contributed by atoms with van der Waals surface area (Å²) in [4.78, 5) is 22.5. The van der Waals surface area contributed by atoms with Gasteiger partial charge in [0.1, 0.15) is 0 Å². The fraction of sp³-hybridized carbons (Fsp3) is 0.357. The van der Waals surface area contributed by atoms with Gasteiger partial charge in [-0.25, -0.2) is 0 Å². The van der Waals surface area contributed by atoms with Crippen LogP contribution in [0.1, 0.15) is 30.1 Å². The molecule has 6 nitrogen and oxygen atoms in total. The SMILES string of the molecule is C#CCC(CC)NC(=O)c1cccc([N+](=O)[O-])c1OC. The van der Waals surface area contributed by atoms with Gasteiger partial charge in [-0.2, -0.15) is 0 Å². The largest absolute Gasteiger partial charge is 0.490 e. The van der Waals surface area contributed by atoms with Crippen LogP contribution in [0.2, 0.25) is 0 Å². The van der Waals surface area contributed by atoms with E-state index in [0.29, 0.717) is 12.8 Å². The molecule has 1 atom stereocenters. The first-order valence-corrected chi connectivity index (χ1v) is 6.10. The van der Waals surface area contributed by atoms with E-state index in [1.54, 1.807) is 0 Å². The topological polar surface area (TPSA) is 81.5 Å². The Balaban J connectivity index is 3.07. The number of methoxy groups -OCH3 is 1. The van der Waals surface area contributed by atoms with Crippen molar-refractivity contribution in [3.05, 3.63) is 33.9 Å². The van der Waals surface area contributed by atoms with Crippen molar-refractivity contribution in [2.75, 3.05) is 7.11 Å². The van der Waals surface area contributed by atoms with Crippen molar-refractivity contribution in [2.24, 2.45) is 0 Å². The molecule has 0 aliphatic carbocycles. The maximum absolute atomic E-state index is 12.2. The van der Waals surface area contributed by atoms with Gasteiger partial charge in [0.05, 0.1) is 17.6 Å². The Morgan fingerprint density at radius 3 is 2.80 bits per heavy atom. The Labute approximate surface area is 117 Å². The van der Waals surface area contributed by atoms with Gasteiger partial charge in [0.15, 0.2) is 0 Å². The van der Waals surface area contributed by atoms with Crippen LogP contribution in [-0.4, -0.2) is 24.0 Å². The molecule has 0 fully saturated rings. The van der Waals surface area contributed by atoms with Crippen molar-refractivity contribution in [1.82, 2.24) is 5.32 Å². The zero-order valence-electron chi connectivity index (χ0n) is 11.4. The van der Waals surface area contributed by atoms with Crippen LogP contribution in [0.25, 0.3) is 0 Å². The quantitative estimate of drug-likeness (QED) is 0.490. The first kappa shape index (κ1) is 15.5. The lowest BCUT2D eigenvalue weighted by Gasteiger charge is -2.15. The summed E-state index contributed by atoms with van der Waals surface area (Å²) >= 11 is 0. The molecular formula is C14H16N2O4. The molecule has 0 saturated carbocycles. The van der Waals surface area contributed by atoms with E-state index in [1.165, 1.54) is 25.3 Å². The smallest absolute Gasteiger partial charge is 0.311 e. The predicted octanol–water partition coefficient (Wildman–Crippen LogP) is 2.14. The van der Waals surface area contributed by atoms with Gasteiger partial charge in [-0.1, -0.05) is 13.0 Å². The van der Waals surface area contributed by atoms with Gasteiger partial charge in [-0.05, 0) is 12.5 Å². The Kier molecular flexibility index (Phi) is 5.54. The number of benzene rings is 1. The minimum Gasteiger partial charge on any atom is -0.490 e. The summed E-state index contributed by atoms with van der Waals surface area (Å²) in [5.74, 6) is 1.99. The summed E-state index contributed by atoms with van der Waals surface area (Å²) < 4.78 is 4.99. The van der Waals surface area contributed by atoms with Crippen LogP contribution in [0.3, 0.4) is 0 Å². The molecule has 0 aliphatic heterocycles. The van der Waals surface area contributed by atoms with Crippen LogP contribution < -0.4 is 10.1 Å². The Morgan fingerprint density at radius 2 is 2.30 bits per heavy atom. The van der Waals surface area contributed by atoms with E-state index < -0.39 is 10.8 Å². The minimum atomic E-state index is -0.589. The van der Waals surface area contributed by atoms with Crippen molar-refractivity contribution < 1.29 is 14.5 Å². The normalized spacial score (nSPS) is 11.2. The van der Waals surface area contributed by atoms with E-state index >= 15 is 0 Å². The van der Waals surface area contributed by atoms with Gasteiger partial charge >= 0.3 is 5.69 Å². The zero-order chi connectivity index (χ0) is 15.1. The van der Waals surface area contributed by atoms with Gasteiger partial charge in [0.25, 0.3) is 5.91 Å². The monoisotopic (exact) mass is 276 g/mol. The number of terminal acetylenes is 1. The number of nitro groups is 1. The molecule has 6 heteroatoms. The number of rotatable bonds is 6. The first-order chi connectivity index (χ1) is 9.54. The van der Waals surface area contributed by atoms with Crippen LogP contribution in [-0.2, 0) is 0 Å². The maximum atomic E-state index is 12.2. The summed E-state index contributed by atoms with van der Waals surface area (Å²) in [6, 6.07) is 4.03. The number of carbonyl (C=O) groups excluding carboxylic acids is 1. The third-order valence-electron chi connectivity index (χ3n) is 2.83. The predicted molar refractivity (Wildman–Crippen MR) is 74.6 cm³/mol. The highest BCUT2D eigenvalue weighted by Crippen LogP contribution is 2.30. The highest BCUT2D eigenvalue weighted by atomic mass is 16.6. The maximum Gasteiger partial charge on any atom is 0.311 e. The van der Waals surface area contributed by atoms with Crippen molar-refractivity contribution in [3.8, 4) is 18.1 Å². The fourth-order valence-electron chi connectivity index (χ4n) is 1.76. The molecule has 1 rings (SSSR count). The van der Waals surface area contributed by atoms with Gasteiger partial charge in [-0.15, -0.1) is 12.3 Å². The second kappa shape index (κ2) is 7.14. The van der Waals surface area contributed by atoms with E-state index in [0.717, 1.165) is 0 Å². The van der Waals surface area contributed by atoms with Crippen molar-refractivity contribution >= 4 is 11.6 Å². The third-order valence-corrected chi connectivity index (χ3v) is 2.83. The lowest BCUT2D eigenvalue weighted by molar-refractivity contribution is -0.385. The number of amides is 1. The average molecular weight is 276 g/mol. The highest BCUT2D eigenvalue weighted by Gasteiger charge is 2.23. The molecule has 0 spiro atoms.